The fourth-order valence-electron chi connectivity index (χ4n) is 3.66. The molecule has 0 aliphatic carbocycles. The molecule has 0 radical (unpaired) electrons. The van der Waals surface area contributed by atoms with E-state index in [1.807, 2.05) is 12.1 Å². The summed E-state index contributed by atoms with van der Waals surface area (Å²) in [6, 6.07) is 6.04. The summed E-state index contributed by atoms with van der Waals surface area (Å²) in [6.07, 6.45) is 6.04. The molecule has 1 aromatic carbocycles. The molecule has 0 aliphatic rings. The van der Waals surface area contributed by atoms with Gasteiger partial charge in [-0.05, 0) is 55.1 Å². The molecule has 0 aliphatic heterocycles. The molecule has 28 heavy (non-hydrogen) atoms. The third-order valence-corrected chi connectivity index (χ3v) is 5.29. The van der Waals surface area contributed by atoms with Crippen LogP contribution in [0.25, 0.3) is 0 Å². The van der Waals surface area contributed by atoms with Crippen molar-refractivity contribution in [3.05, 3.63) is 23.8 Å². The standard InChI is InChI=1S/C24H43NO3/c1-18(2)8-7-9-20(5)16-28-22-11-10-21(23(14-22)27-6)12-13-24(25,17-26)15-19(3)4/h10-11,14,18-20,26H,7-9,12-13,15-17,25H2,1-6H3. The Labute approximate surface area is 172 Å². The van der Waals surface area contributed by atoms with E-state index in [1.54, 1.807) is 7.11 Å². The predicted octanol–water partition coefficient (Wildman–Crippen LogP) is 5.20. The molecule has 4 heteroatoms. The highest BCUT2D eigenvalue weighted by Crippen LogP contribution is 2.29. The summed E-state index contributed by atoms with van der Waals surface area (Å²) in [5.41, 5.74) is 6.95. The molecule has 2 atom stereocenters. The lowest BCUT2D eigenvalue weighted by Crippen LogP contribution is -2.45. The summed E-state index contributed by atoms with van der Waals surface area (Å²) >= 11 is 0. The van der Waals surface area contributed by atoms with Gasteiger partial charge < -0.3 is 20.3 Å². The van der Waals surface area contributed by atoms with Gasteiger partial charge in [0, 0.05) is 11.6 Å². The van der Waals surface area contributed by atoms with E-state index in [9.17, 15) is 5.11 Å². The Balaban J connectivity index is 2.61. The van der Waals surface area contributed by atoms with Gasteiger partial charge in [-0.2, -0.15) is 0 Å². The number of ether oxygens (including phenoxy) is 2. The van der Waals surface area contributed by atoms with Crippen molar-refractivity contribution in [2.24, 2.45) is 23.5 Å². The van der Waals surface area contributed by atoms with Crippen LogP contribution >= 0.6 is 0 Å². The van der Waals surface area contributed by atoms with Crippen LogP contribution < -0.4 is 15.2 Å². The Hall–Kier alpha value is -1.26. The highest BCUT2D eigenvalue weighted by molar-refractivity contribution is 5.41. The molecule has 2 unspecified atom stereocenters. The van der Waals surface area contributed by atoms with E-state index in [2.05, 4.69) is 40.7 Å². The van der Waals surface area contributed by atoms with Crippen molar-refractivity contribution >= 4 is 0 Å². The van der Waals surface area contributed by atoms with Gasteiger partial charge in [0.25, 0.3) is 0 Å². The van der Waals surface area contributed by atoms with Crippen LogP contribution in [0.1, 0.15) is 72.3 Å². The second-order valence-corrected chi connectivity index (χ2v) is 9.33. The number of benzene rings is 1. The average Bonchev–Trinajstić information content (AvgIpc) is 2.64. The minimum atomic E-state index is -0.542. The summed E-state index contributed by atoms with van der Waals surface area (Å²) in [4.78, 5) is 0. The molecule has 3 N–H and O–H groups in total. The molecule has 1 rings (SSSR count). The molecule has 0 spiro atoms. The first-order valence-corrected chi connectivity index (χ1v) is 10.9. The molecule has 0 heterocycles. The van der Waals surface area contributed by atoms with Crippen molar-refractivity contribution in [2.45, 2.75) is 78.7 Å². The molecule has 0 amide bonds. The molecule has 0 bridgehead atoms. The molecule has 0 aromatic heterocycles. The molecule has 0 saturated heterocycles. The topological polar surface area (TPSA) is 64.7 Å². The monoisotopic (exact) mass is 393 g/mol. The van der Waals surface area contributed by atoms with Crippen LogP contribution in [0.4, 0.5) is 0 Å². The van der Waals surface area contributed by atoms with Gasteiger partial charge in [-0.3, -0.25) is 0 Å². The zero-order valence-electron chi connectivity index (χ0n) is 19.0. The maximum atomic E-state index is 9.72. The van der Waals surface area contributed by atoms with E-state index in [4.69, 9.17) is 15.2 Å². The van der Waals surface area contributed by atoms with Gasteiger partial charge in [0.1, 0.15) is 11.5 Å². The summed E-state index contributed by atoms with van der Waals surface area (Å²) in [6.45, 7) is 11.8. The maximum Gasteiger partial charge on any atom is 0.125 e. The number of hydrogen-bond acceptors (Lipinski definition) is 4. The molecule has 1 aromatic rings. The van der Waals surface area contributed by atoms with Crippen LogP contribution in [0.2, 0.25) is 0 Å². The van der Waals surface area contributed by atoms with Crippen LogP contribution in [-0.4, -0.2) is 31.0 Å². The SMILES string of the molecule is COc1cc(OCC(C)CCCC(C)C)ccc1CCC(N)(CO)CC(C)C. The zero-order valence-corrected chi connectivity index (χ0v) is 19.0. The number of rotatable bonds is 14. The minimum Gasteiger partial charge on any atom is -0.496 e. The third-order valence-electron chi connectivity index (χ3n) is 5.29. The van der Waals surface area contributed by atoms with Crippen LogP contribution in [0, 0.1) is 17.8 Å². The fraction of sp³-hybridized carbons (Fsp3) is 0.750. The van der Waals surface area contributed by atoms with E-state index >= 15 is 0 Å². The Morgan fingerprint density at radius 1 is 1.07 bits per heavy atom. The van der Waals surface area contributed by atoms with Crippen molar-refractivity contribution in [1.29, 1.82) is 0 Å². The van der Waals surface area contributed by atoms with Gasteiger partial charge in [-0.1, -0.05) is 53.5 Å². The van der Waals surface area contributed by atoms with E-state index in [-0.39, 0.29) is 6.61 Å². The summed E-state index contributed by atoms with van der Waals surface area (Å²) in [5, 5.41) is 9.72. The number of methoxy groups -OCH3 is 1. The highest BCUT2D eigenvalue weighted by atomic mass is 16.5. The Bertz CT molecular complexity index is 559. The molecule has 0 fully saturated rings. The molecule has 162 valence electrons. The smallest absolute Gasteiger partial charge is 0.125 e. The molecular formula is C24H43NO3. The lowest BCUT2D eigenvalue weighted by atomic mass is 9.85. The maximum absolute atomic E-state index is 9.72. The Kier molecular flexibility index (Phi) is 10.9. The van der Waals surface area contributed by atoms with E-state index in [0.717, 1.165) is 48.8 Å². The first-order chi connectivity index (χ1) is 13.2. The van der Waals surface area contributed by atoms with Crippen molar-refractivity contribution in [3.63, 3.8) is 0 Å². The number of aryl methyl sites for hydroxylation is 1. The lowest BCUT2D eigenvalue weighted by Gasteiger charge is -2.29. The Morgan fingerprint density at radius 2 is 1.79 bits per heavy atom. The van der Waals surface area contributed by atoms with Crippen molar-refractivity contribution in [2.75, 3.05) is 20.3 Å². The van der Waals surface area contributed by atoms with Crippen molar-refractivity contribution in [3.8, 4) is 11.5 Å². The number of hydrogen-bond donors (Lipinski definition) is 2. The number of aliphatic hydroxyl groups excluding tert-OH is 1. The molecular weight excluding hydrogens is 350 g/mol. The van der Waals surface area contributed by atoms with Gasteiger partial charge in [-0.15, -0.1) is 0 Å². The van der Waals surface area contributed by atoms with Gasteiger partial charge >= 0.3 is 0 Å². The second kappa shape index (κ2) is 12.3. The zero-order chi connectivity index (χ0) is 21.2. The quantitative estimate of drug-likeness (QED) is 0.456. The summed E-state index contributed by atoms with van der Waals surface area (Å²) < 4.78 is 11.6. The van der Waals surface area contributed by atoms with Crippen LogP contribution in [0.15, 0.2) is 18.2 Å². The Morgan fingerprint density at radius 3 is 2.36 bits per heavy atom. The fourth-order valence-corrected chi connectivity index (χ4v) is 3.66. The van der Waals surface area contributed by atoms with E-state index in [1.165, 1.54) is 19.3 Å². The minimum absolute atomic E-state index is 0.00336. The van der Waals surface area contributed by atoms with Crippen LogP contribution in [0.5, 0.6) is 11.5 Å². The first kappa shape index (κ1) is 24.8. The molecule has 0 saturated carbocycles. The predicted molar refractivity (Wildman–Crippen MR) is 118 cm³/mol. The van der Waals surface area contributed by atoms with Gasteiger partial charge in [0.2, 0.25) is 0 Å². The average molecular weight is 394 g/mol. The summed E-state index contributed by atoms with van der Waals surface area (Å²) in [7, 11) is 1.69. The normalized spacial score (nSPS) is 14.9. The van der Waals surface area contributed by atoms with Crippen molar-refractivity contribution < 1.29 is 14.6 Å². The lowest BCUT2D eigenvalue weighted by molar-refractivity contribution is 0.165. The summed E-state index contributed by atoms with van der Waals surface area (Å²) in [5.74, 6) is 3.44. The number of nitrogens with two attached hydrogens (primary N) is 1. The molecule has 4 nitrogen and oxygen atoms in total. The highest BCUT2D eigenvalue weighted by Gasteiger charge is 2.25. The third kappa shape index (κ3) is 9.29. The largest absolute Gasteiger partial charge is 0.496 e. The second-order valence-electron chi connectivity index (χ2n) is 9.33. The first-order valence-electron chi connectivity index (χ1n) is 10.9. The van der Waals surface area contributed by atoms with Crippen LogP contribution in [0.3, 0.4) is 0 Å². The van der Waals surface area contributed by atoms with E-state index in [0.29, 0.717) is 11.8 Å². The van der Waals surface area contributed by atoms with E-state index < -0.39 is 5.54 Å². The van der Waals surface area contributed by atoms with Gasteiger partial charge in [0.05, 0.1) is 20.3 Å². The van der Waals surface area contributed by atoms with Crippen molar-refractivity contribution in [1.82, 2.24) is 0 Å². The van der Waals surface area contributed by atoms with Gasteiger partial charge in [-0.25, -0.2) is 0 Å². The van der Waals surface area contributed by atoms with Crippen LogP contribution in [-0.2, 0) is 6.42 Å². The number of aliphatic hydroxyl groups is 1. The van der Waals surface area contributed by atoms with Gasteiger partial charge in [0.15, 0.2) is 0 Å².